The molecule has 0 aromatic carbocycles. The van der Waals surface area contributed by atoms with Crippen LogP contribution >= 0.6 is 11.3 Å². The van der Waals surface area contributed by atoms with Crippen molar-refractivity contribution < 1.29 is 0 Å². The van der Waals surface area contributed by atoms with Crippen LogP contribution in [-0.2, 0) is 10.8 Å². The molecule has 0 N–H and O–H groups in total. The first kappa shape index (κ1) is 25.2. The molecule has 0 atom stereocenters. The highest BCUT2D eigenvalue weighted by atomic mass is 32.1. The molecule has 0 nitrogen and oxygen atoms in total. The molecular weight excluding hydrogens is 377 g/mol. The van der Waals surface area contributed by atoms with Crippen LogP contribution < -0.4 is 9.00 Å². The lowest BCUT2D eigenvalue weighted by Crippen LogP contribution is -2.48. The third kappa shape index (κ3) is 4.50. The third-order valence-corrected chi connectivity index (χ3v) is 22.0. The summed E-state index contributed by atoms with van der Waals surface area (Å²) in [4.78, 5) is 0. The number of rotatable bonds is 8. The predicted octanol–water partition coefficient (Wildman–Crippen LogP) is 7.77. The van der Waals surface area contributed by atoms with Crippen molar-refractivity contribution in [3.8, 4) is 0 Å². The van der Waals surface area contributed by atoms with Gasteiger partial charge in [0.15, 0.2) is 0 Å². The van der Waals surface area contributed by atoms with Gasteiger partial charge < -0.3 is 0 Å². The van der Waals surface area contributed by atoms with Crippen LogP contribution in [0, 0.1) is 0 Å². The summed E-state index contributed by atoms with van der Waals surface area (Å²) in [6.07, 6.45) is 0. The molecule has 27 heavy (non-hydrogen) atoms. The van der Waals surface area contributed by atoms with Crippen molar-refractivity contribution >= 4 is 36.5 Å². The second-order valence-electron chi connectivity index (χ2n) is 10.7. The molecule has 0 spiro atoms. The molecule has 0 amide bonds. The zero-order chi connectivity index (χ0) is 21.3. The molecule has 158 valence electrons. The zero-order valence-corrected chi connectivity index (χ0v) is 23.5. The summed E-state index contributed by atoms with van der Waals surface area (Å²) in [7, 11) is -2.83. The van der Waals surface area contributed by atoms with Crippen LogP contribution in [0.2, 0.25) is 36.3 Å². The summed E-state index contributed by atoms with van der Waals surface area (Å²) in [5.74, 6) is 0. The maximum atomic E-state index is 2.48. The fourth-order valence-corrected chi connectivity index (χ4v) is 18.5. The molecular formula is C24H48SSi2. The van der Waals surface area contributed by atoms with E-state index in [1.165, 1.54) is 36.3 Å². The van der Waals surface area contributed by atoms with Crippen LogP contribution in [0.25, 0.3) is 0 Å². The van der Waals surface area contributed by atoms with Crippen molar-refractivity contribution in [2.24, 2.45) is 0 Å². The largest absolute Gasteiger partial charge is 0.154 e. The van der Waals surface area contributed by atoms with Crippen LogP contribution in [0.3, 0.4) is 0 Å². The van der Waals surface area contributed by atoms with Gasteiger partial charge in [-0.25, -0.2) is 0 Å². The molecule has 0 aliphatic carbocycles. The van der Waals surface area contributed by atoms with E-state index < -0.39 is 16.1 Å². The minimum absolute atomic E-state index is 0.236. The van der Waals surface area contributed by atoms with Crippen LogP contribution in [0.15, 0.2) is 0 Å². The molecule has 1 heterocycles. The highest BCUT2D eigenvalue weighted by Crippen LogP contribution is 2.40. The summed E-state index contributed by atoms with van der Waals surface area (Å²) >= 11 is 2.32. The molecule has 0 saturated heterocycles. The summed E-state index contributed by atoms with van der Waals surface area (Å²) in [6, 6.07) is 8.37. The second-order valence-corrected chi connectivity index (χ2v) is 22.8. The molecule has 1 rings (SSSR count). The molecule has 0 saturated carbocycles. The van der Waals surface area contributed by atoms with Gasteiger partial charge in [-0.05, 0) is 31.0 Å². The van der Waals surface area contributed by atoms with E-state index in [4.69, 9.17) is 0 Å². The van der Waals surface area contributed by atoms with Gasteiger partial charge in [0.2, 0.25) is 0 Å². The Labute approximate surface area is 177 Å². The second kappa shape index (κ2) is 8.87. The Hall–Kier alpha value is 0.134. The minimum atomic E-state index is -1.41. The first-order valence-electron chi connectivity index (χ1n) is 11.5. The van der Waals surface area contributed by atoms with E-state index in [9.17, 15) is 0 Å². The fourth-order valence-electron chi connectivity index (χ4n) is 5.07. The van der Waals surface area contributed by atoms with E-state index in [1.54, 1.807) is 11.1 Å². The molecule has 0 radical (unpaired) electrons. The van der Waals surface area contributed by atoms with Crippen LogP contribution in [0.5, 0.6) is 0 Å². The maximum absolute atomic E-state index is 2.48. The Bertz CT molecular complexity index is 537. The van der Waals surface area contributed by atoms with Gasteiger partial charge in [-0.2, -0.15) is 11.3 Å². The van der Waals surface area contributed by atoms with Crippen molar-refractivity contribution in [2.45, 2.75) is 130 Å². The summed E-state index contributed by atoms with van der Waals surface area (Å²) in [5.41, 5.74) is 4.03. The van der Waals surface area contributed by atoms with Gasteiger partial charge in [-0.1, -0.05) is 119 Å². The van der Waals surface area contributed by atoms with Gasteiger partial charge >= 0.3 is 0 Å². The van der Waals surface area contributed by atoms with E-state index in [2.05, 4.69) is 94.4 Å². The average molecular weight is 425 g/mol. The molecule has 0 unspecified atom stereocenters. The lowest BCUT2D eigenvalue weighted by Gasteiger charge is -2.36. The van der Waals surface area contributed by atoms with Crippen molar-refractivity contribution in [3.05, 3.63) is 11.1 Å². The van der Waals surface area contributed by atoms with Gasteiger partial charge in [0.25, 0.3) is 0 Å². The number of hydrogen-bond donors (Lipinski definition) is 0. The Balaban J connectivity index is 4.15. The average Bonchev–Trinajstić information content (AvgIpc) is 3.02. The summed E-state index contributed by atoms with van der Waals surface area (Å²) < 4.78 is 3.77. The van der Waals surface area contributed by atoms with Crippen molar-refractivity contribution in [2.75, 3.05) is 0 Å². The van der Waals surface area contributed by atoms with Gasteiger partial charge in [0.05, 0.1) is 16.1 Å². The molecule has 0 aliphatic heterocycles. The van der Waals surface area contributed by atoms with Crippen molar-refractivity contribution in [3.63, 3.8) is 0 Å². The van der Waals surface area contributed by atoms with E-state index in [0.717, 1.165) is 0 Å². The van der Waals surface area contributed by atoms with E-state index in [1.807, 2.05) is 9.00 Å². The van der Waals surface area contributed by atoms with Gasteiger partial charge in [0, 0.05) is 0 Å². The lowest BCUT2D eigenvalue weighted by atomic mass is 9.77. The maximum Gasteiger partial charge on any atom is 0.0991 e. The van der Waals surface area contributed by atoms with Crippen molar-refractivity contribution in [1.82, 2.24) is 0 Å². The summed E-state index contributed by atoms with van der Waals surface area (Å²) in [6.45, 7) is 29.7. The molecule has 3 heteroatoms. The predicted molar refractivity (Wildman–Crippen MR) is 135 cm³/mol. The van der Waals surface area contributed by atoms with Gasteiger partial charge in [0.1, 0.15) is 0 Å². The monoisotopic (exact) mass is 424 g/mol. The minimum Gasteiger partial charge on any atom is -0.154 e. The zero-order valence-electron chi connectivity index (χ0n) is 20.7. The Kier molecular flexibility index (Phi) is 8.27. The first-order chi connectivity index (χ1) is 12.3. The third-order valence-electron chi connectivity index (χ3n) is 7.43. The highest BCUT2D eigenvalue weighted by molar-refractivity contribution is 7.36. The summed E-state index contributed by atoms with van der Waals surface area (Å²) in [5, 5.41) is 0. The number of thiophene rings is 1. The smallest absolute Gasteiger partial charge is 0.0991 e. The topological polar surface area (TPSA) is 0 Å². The highest BCUT2D eigenvalue weighted by Gasteiger charge is 2.45. The van der Waals surface area contributed by atoms with Crippen LogP contribution in [0.1, 0.15) is 94.2 Å². The van der Waals surface area contributed by atoms with Gasteiger partial charge in [-0.3, -0.25) is 0 Å². The standard InChI is InChI=1S/C24H48SSi2/c1-13-26(14-2,15-3)21-19(23(7,8)9)20(24(10,11)12)22(25-21)27(16-4,17-5)18-6/h13-18H2,1-12H3. The lowest BCUT2D eigenvalue weighted by molar-refractivity contribution is 0.538. The van der Waals surface area contributed by atoms with E-state index >= 15 is 0 Å². The normalized spacial score (nSPS) is 14.1. The quantitative estimate of drug-likeness (QED) is 0.374. The fraction of sp³-hybridized carbons (Fsp3) is 0.833. The van der Waals surface area contributed by atoms with Gasteiger partial charge in [-0.15, -0.1) is 0 Å². The Morgan fingerprint density at radius 2 is 0.741 bits per heavy atom. The van der Waals surface area contributed by atoms with E-state index in [0.29, 0.717) is 0 Å². The van der Waals surface area contributed by atoms with Crippen LogP contribution in [0.4, 0.5) is 0 Å². The van der Waals surface area contributed by atoms with E-state index in [-0.39, 0.29) is 10.8 Å². The Morgan fingerprint density at radius 1 is 0.519 bits per heavy atom. The molecule has 1 aromatic rings. The Morgan fingerprint density at radius 3 is 0.889 bits per heavy atom. The molecule has 0 bridgehead atoms. The molecule has 1 aromatic heterocycles. The molecule has 0 aliphatic rings. The van der Waals surface area contributed by atoms with Crippen molar-refractivity contribution in [1.29, 1.82) is 0 Å². The first-order valence-corrected chi connectivity index (χ1v) is 17.6. The SMILES string of the molecule is CC[Si](CC)(CC)c1sc([Si](CC)(CC)CC)c(C(C)(C)C)c1C(C)(C)C. The molecule has 0 fully saturated rings. The van der Waals surface area contributed by atoms with Crippen LogP contribution in [-0.4, -0.2) is 16.1 Å². The number of hydrogen-bond acceptors (Lipinski definition) is 1.